The summed E-state index contributed by atoms with van der Waals surface area (Å²) in [6, 6.07) is 6.19. The summed E-state index contributed by atoms with van der Waals surface area (Å²) in [5, 5.41) is 2.19. The monoisotopic (exact) mass is 340 g/mol. The molecule has 1 aromatic carbocycles. The van der Waals surface area contributed by atoms with Crippen LogP contribution in [0, 0.1) is 0 Å². The summed E-state index contributed by atoms with van der Waals surface area (Å²) >= 11 is 3.29. The molecule has 1 saturated heterocycles. The van der Waals surface area contributed by atoms with Crippen LogP contribution in [0.5, 0.6) is 0 Å². The van der Waals surface area contributed by atoms with Gasteiger partial charge in [-0.3, -0.25) is 19.8 Å². The number of imide groups is 2. The summed E-state index contributed by atoms with van der Waals surface area (Å²) in [4.78, 5) is 36.9. The number of hydrogen-bond donors (Lipinski definition) is 1. The number of ether oxygens (including phenoxy) is 1. The predicted molar refractivity (Wildman–Crippen MR) is 74.0 cm³/mol. The van der Waals surface area contributed by atoms with Crippen molar-refractivity contribution in [2.24, 2.45) is 0 Å². The van der Waals surface area contributed by atoms with Gasteiger partial charge in [0.25, 0.3) is 0 Å². The van der Waals surface area contributed by atoms with Crippen molar-refractivity contribution in [3.63, 3.8) is 0 Å². The van der Waals surface area contributed by atoms with Crippen LogP contribution in [-0.2, 0) is 14.3 Å². The average Bonchev–Trinajstić information content (AvgIpc) is 2.38. The maximum absolute atomic E-state index is 12.3. The first-order valence-corrected chi connectivity index (χ1v) is 6.74. The molecule has 20 heavy (non-hydrogen) atoms. The van der Waals surface area contributed by atoms with E-state index in [1.807, 2.05) is 0 Å². The van der Waals surface area contributed by atoms with E-state index in [0.717, 1.165) is 9.37 Å². The zero-order chi connectivity index (χ0) is 14.7. The summed E-state index contributed by atoms with van der Waals surface area (Å²) in [7, 11) is 1.48. The molecule has 0 aliphatic carbocycles. The van der Waals surface area contributed by atoms with E-state index in [9.17, 15) is 14.4 Å². The second-order valence-electron chi connectivity index (χ2n) is 4.27. The zero-order valence-corrected chi connectivity index (χ0v) is 12.3. The first-order valence-electron chi connectivity index (χ1n) is 5.95. The van der Waals surface area contributed by atoms with Gasteiger partial charge in [0.1, 0.15) is 5.92 Å². The number of rotatable bonds is 4. The second-order valence-corrected chi connectivity index (χ2v) is 5.18. The van der Waals surface area contributed by atoms with Crippen LogP contribution in [0.1, 0.15) is 11.5 Å². The van der Waals surface area contributed by atoms with Crippen molar-refractivity contribution in [1.29, 1.82) is 0 Å². The van der Waals surface area contributed by atoms with Crippen molar-refractivity contribution in [2.45, 2.75) is 5.92 Å². The van der Waals surface area contributed by atoms with Gasteiger partial charge in [-0.05, 0) is 17.7 Å². The molecule has 6 nitrogen and oxygen atoms in total. The molecule has 1 aliphatic rings. The van der Waals surface area contributed by atoms with Crippen LogP contribution in [0.25, 0.3) is 0 Å². The number of amides is 4. The fourth-order valence-corrected chi connectivity index (χ4v) is 2.40. The van der Waals surface area contributed by atoms with E-state index in [1.165, 1.54) is 7.11 Å². The van der Waals surface area contributed by atoms with Gasteiger partial charge in [0, 0.05) is 11.6 Å². The predicted octanol–water partition coefficient (Wildman–Crippen LogP) is 1.26. The Kier molecular flexibility index (Phi) is 4.51. The number of methoxy groups -OCH3 is 1. The van der Waals surface area contributed by atoms with E-state index >= 15 is 0 Å². The van der Waals surface area contributed by atoms with Crippen molar-refractivity contribution in [3.8, 4) is 0 Å². The summed E-state index contributed by atoms with van der Waals surface area (Å²) in [5.74, 6) is -2.15. The minimum absolute atomic E-state index is 0.110. The highest BCUT2D eigenvalue weighted by Gasteiger charge is 2.41. The first kappa shape index (κ1) is 14.7. The van der Waals surface area contributed by atoms with E-state index in [2.05, 4.69) is 21.2 Å². The molecule has 1 N–H and O–H groups in total. The lowest BCUT2D eigenvalue weighted by Crippen LogP contribution is -2.57. The van der Waals surface area contributed by atoms with Crippen LogP contribution < -0.4 is 5.32 Å². The molecule has 4 amide bonds. The molecule has 1 aromatic rings. The first-order chi connectivity index (χ1) is 9.54. The van der Waals surface area contributed by atoms with Crippen LogP contribution >= 0.6 is 15.9 Å². The molecular formula is C13H13BrN2O4. The molecule has 0 saturated carbocycles. The topological polar surface area (TPSA) is 75.7 Å². The summed E-state index contributed by atoms with van der Waals surface area (Å²) in [6.45, 7) is 0.331. The molecule has 1 fully saturated rings. The highest BCUT2D eigenvalue weighted by atomic mass is 79.9. The quantitative estimate of drug-likeness (QED) is 0.837. The van der Waals surface area contributed by atoms with Crippen LogP contribution in [0.15, 0.2) is 28.7 Å². The molecule has 0 bridgehead atoms. The standard InChI is InChI=1S/C13H13BrN2O4/c1-20-6-5-16-12(18)10(11(17)15-13(16)19)8-3-2-4-9(14)7-8/h2-4,7,10H,5-6H2,1H3,(H,15,17,19). The minimum Gasteiger partial charge on any atom is -0.383 e. The van der Waals surface area contributed by atoms with Crippen molar-refractivity contribution >= 4 is 33.8 Å². The van der Waals surface area contributed by atoms with Gasteiger partial charge in [-0.15, -0.1) is 0 Å². The molecule has 7 heteroatoms. The minimum atomic E-state index is -1.01. The van der Waals surface area contributed by atoms with Crippen molar-refractivity contribution in [2.75, 3.05) is 20.3 Å². The molecule has 1 unspecified atom stereocenters. The lowest BCUT2D eigenvalue weighted by atomic mass is 9.95. The molecule has 0 aromatic heterocycles. The highest BCUT2D eigenvalue weighted by molar-refractivity contribution is 9.10. The maximum Gasteiger partial charge on any atom is 0.330 e. The van der Waals surface area contributed by atoms with Crippen LogP contribution in [-0.4, -0.2) is 43.0 Å². The van der Waals surface area contributed by atoms with Crippen LogP contribution in [0.3, 0.4) is 0 Å². The zero-order valence-electron chi connectivity index (χ0n) is 10.8. The second kappa shape index (κ2) is 6.15. The normalized spacial score (nSPS) is 19.2. The Labute approximate surface area is 124 Å². The maximum atomic E-state index is 12.3. The highest BCUT2D eigenvalue weighted by Crippen LogP contribution is 2.24. The fourth-order valence-electron chi connectivity index (χ4n) is 1.99. The molecular weight excluding hydrogens is 328 g/mol. The molecule has 0 spiro atoms. The van der Waals surface area contributed by atoms with Gasteiger partial charge in [0.2, 0.25) is 11.8 Å². The molecule has 106 valence electrons. The van der Waals surface area contributed by atoms with E-state index in [0.29, 0.717) is 5.56 Å². The Balaban J connectivity index is 2.29. The lowest BCUT2D eigenvalue weighted by Gasteiger charge is -2.30. The largest absolute Gasteiger partial charge is 0.383 e. The van der Waals surface area contributed by atoms with Gasteiger partial charge >= 0.3 is 6.03 Å². The number of halogens is 1. The average molecular weight is 341 g/mol. The van der Waals surface area contributed by atoms with E-state index in [1.54, 1.807) is 24.3 Å². The van der Waals surface area contributed by atoms with Gasteiger partial charge < -0.3 is 4.74 Å². The Morgan fingerprint density at radius 1 is 1.35 bits per heavy atom. The van der Waals surface area contributed by atoms with Crippen LogP contribution in [0.4, 0.5) is 4.79 Å². The number of carbonyl (C=O) groups excluding carboxylic acids is 3. The van der Waals surface area contributed by atoms with Gasteiger partial charge in [-0.25, -0.2) is 4.79 Å². The smallest absolute Gasteiger partial charge is 0.330 e. The third-order valence-electron chi connectivity index (χ3n) is 2.95. The summed E-state index contributed by atoms with van der Waals surface area (Å²) in [6.07, 6.45) is 0. The Morgan fingerprint density at radius 2 is 2.10 bits per heavy atom. The Hall–Kier alpha value is -1.73. The van der Waals surface area contributed by atoms with Crippen molar-refractivity contribution < 1.29 is 19.1 Å². The molecule has 2 rings (SSSR count). The third-order valence-corrected chi connectivity index (χ3v) is 3.44. The van der Waals surface area contributed by atoms with Gasteiger partial charge in [-0.1, -0.05) is 28.1 Å². The van der Waals surface area contributed by atoms with Gasteiger partial charge in [-0.2, -0.15) is 0 Å². The van der Waals surface area contributed by atoms with E-state index in [-0.39, 0.29) is 13.2 Å². The number of barbiturate groups is 1. The molecule has 0 radical (unpaired) electrons. The Bertz CT molecular complexity index is 561. The molecule has 1 aliphatic heterocycles. The number of carbonyl (C=O) groups is 3. The summed E-state index contributed by atoms with van der Waals surface area (Å²) in [5.41, 5.74) is 0.539. The van der Waals surface area contributed by atoms with Crippen LogP contribution in [0.2, 0.25) is 0 Å². The van der Waals surface area contributed by atoms with E-state index in [4.69, 9.17) is 4.74 Å². The van der Waals surface area contributed by atoms with Crippen molar-refractivity contribution in [1.82, 2.24) is 10.2 Å². The Morgan fingerprint density at radius 3 is 2.75 bits per heavy atom. The third kappa shape index (κ3) is 2.88. The van der Waals surface area contributed by atoms with Gasteiger partial charge in [0.15, 0.2) is 0 Å². The molecule has 1 atom stereocenters. The number of nitrogens with zero attached hydrogens (tertiary/aromatic N) is 1. The summed E-state index contributed by atoms with van der Waals surface area (Å²) < 4.78 is 5.62. The lowest BCUT2D eigenvalue weighted by molar-refractivity contribution is -0.139. The molecule has 1 heterocycles. The number of urea groups is 1. The van der Waals surface area contributed by atoms with Gasteiger partial charge in [0.05, 0.1) is 13.2 Å². The van der Waals surface area contributed by atoms with E-state index < -0.39 is 23.8 Å². The van der Waals surface area contributed by atoms with Crippen molar-refractivity contribution in [3.05, 3.63) is 34.3 Å². The number of benzene rings is 1. The number of hydrogen-bond acceptors (Lipinski definition) is 4. The fraction of sp³-hybridized carbons (Fsp3) is 0.308. The number of nitrogens with one attached hydrogen (secondary N) is 1. The SMILES string of the molecule is COCCN1C(=O)NC(=O)C(c2cccc(Br)c2)C1=O.